The molecule has 3 aromatic rings. The highest BCUT2D eigenvalue weighted by molar-refractivity contribution is 5.76. The van der Waals surface area contributed by atoms with Crippen molar-refractivity contribution in [3.63, 3.8) is 0 Å². The van der Waals surface area contributed by atoms with E-state index in [2.05, 4.69) is 20.2 Å². The number of anilines is 3. The van der Waals surface area contributed by atoms with Crippen LogP contribution in [0.25, 0.3) is 11.3 Å². The fraction of sp³-hybridized carbons (Fsp3) is 0.360. The fourth-order valence-corrected chi connectivity index (χ4v) is 4.60. The van der Waals surface area contributed by atoms with E-state index < -0.39 is 30.8 Å². The number of aromatic nitrogens is 2. The van der Waals surface area contributed by atoms with Crippen molar-refractivity contribution in [2.45, 2.75) is 31.1 Å². The van der Waals surface area contributed by atoms with Crippen LogP contribution in [0.5, 0.6) is 5.75 Å². The van der Waals surface area contributed by atoms with Crippen molar-refractivity contribution in [3.8, 4) is 17.0 Å². The molecular formula is C25H26F3N5O4. The first-order chi connectivity index (χ1) is 17.7. The molecule has 1 fully saturated rings. The summed E-state index contributed by atoms with van der Waals surface area (Å²) in [4.78, 5) is 12.8. The van der Waals surface area contributed by atoms with E-state index in [-0.39, 0.29) is 12.6 Å². The molecule has 2 aromatic heterocycles. The van der Waals surface area contributed by atoms with Gasteiger partial charge in [-0.1, -0.05) is 12.1 Å². The Kier molecular flexibility index (Phi) is 6.80. The standard InChI is InChI=1S/C25H26F3N5O4/c26-25(27,28)16-3-1-2-15(10-16)20-4-5-21-23(30-20)33(17-7-9-32(21)12-17)24(36)31-22-11-19(6-8-29-22)37-14-18(35)13-34/h1-6,8,10-11,17-18,24,34-36H,7,9,12-14H2,(H,29,31)/t17-,18+,24?/m0/s1. The Morgan fingerprint density at radius 3 is 2.76 bits per heavy atom. The van der Waals surface area contributed by atoms with Gasteiger partial charge in [-0.15, -0.1) is 0 Å². The third-order valence-corrected chi connectivity index (χ3v) is 6.41. The van der Waals surface area contributed by atoms with E-state index in [1.54, 1.807) is 29.2 Å². The van der Waals surface area contributed by atoms with Crippen molar-refractivity contribution in [2.75, 3.05) is 41.4 Å². The number of alkyl halides is 3. The SMILES string of the molecule is OC[C@@H](O)COc1ccnc(NC(O)N2c3nc(-c4cccc(C(F)(F)F)c4)ccc3N3CC[C@H]2C3)c1. The molecule has 2 aliphatic rings. The monoisotopic (exact) mass is 517 g/mol. The zero-order chi connectivity index (χ0) is 26.2. The molecule has 4 N–H and O–H groups in total. The number of aliphatic hydroxyl groups is 3. The van der Waals surface area contributed by atoms with Crippen molar-refractivity contribution >= 4 is 17.3 Å². The van der Waals surface area contributed by atoms with Gasteiger partial charge in [-0.25, -0.2) is 9.97 Å². The van der Waals surface area contributed by atoms with Gasteiger partial charge in [-0.3, -0.25) is 0 Å². The molecular weight excluding hydrogens is 491 g/mol. The van der Waals surface area contributed by atoms with E-state index >= 15 is 0 Å². The zero-order valence-corrected chi connectivity index (χ0v) is 19.6. The molecule has 3 atom stereocenters. The summed E-state index contributed by atoms with van der Waals surface area (Å²) >= 11 is 0. The Morgan fingerprint density at radius 1 is 1.14 bits per heavy atom. The summed E-state index contributed by atoms with van der Waals surface area (Å²) in [6, 6.07) is 11.6. The summed E-state index contributed by atoms with van der Waals surface area (Å²) in [5.74, 6) is 1.15. The highest BCUT2D eigenvalue weighted by atomic mass is 19.4. The van der Waals surface area contributed by atoms with Crippen LogP contribution < -0.4 is 19.9 Å². The number of hydrogen-bond donors (Lipinski definition) is 4. The smallest absolute Gasteiger partial charge is 0.416 e. The van der Waals surface area contributed by atoms with Crippen LogP contribution in [-0.2, 0) is 6.18 Å². The lowest BCUT2D eigenvalue weighted by Gasteiger charge is -2.40. The molecule has 0 radical (unpaired) electrons. The highest BCUT2D eigenvalue weighted by Gasteiger charge is 2.40. The number of ether oxygens (including phenoxy) is 1. The lowest BCUT2D eigenvalue weighted by Crippen LogP contribution is -2.51. The molecule has 4 heterocycles. The van der Waals surface area contributed by atoms with Gasteiger partial charge in [0.25, 0.3) is 0 Å². The van der Waals surface area contributed by atoms with Crippen LogP contribution in [0.1, 0.15) is 12.0 Å². The van der Waals surface area contributed by atoms with Gasteiger partial charge in [-0.2, -0.15) is 13.2 Å². The Labute approximate surface area is 210 Å². The average Bonchev–Trinajstić information content (AvgIpc) is 3.31. The van der Waals surface area contributed by atoms with Gasteiger partial charge in [0.1, 0.15) is 24.3 Å². The third kappa shape index (κ3) is 5.26. The second-order valence-corrected chi connectivity index (χ2v) is 8.96. The Bertz CT molecular complexity index is 1260. The molecule has 1 unspecified atom stereocenters. The molecule has 1 aromatic carbocycles. The number of rotatable bonds is 8. The molecule has 2 bridgehead atoms. The molecule has 37 heavy (non-hydrogen) atoms. The van der Waals surface area contributed by atoms with Crippen molar-refractivity contribution in [3.05, 3.63) is 60.3 Å². The quantitative estimate of drug-likeness (QED) is 0.335. The Hall–Kier alpha value is -3.61. The van der Waals surface area contributed by atoms with Crippen LogP contribution in [0.3, 0.4) is 0 Å². The van der Waals surface area contributed by atoms with E-state index in [9.17, 15) is 23.4 Å². The van der Waals surface area contributed by atoms with E-state index in [1.165, 1.54) is 12.3 Å². The maximum atomic E-state index is 13.3. The Balaban J connectivity index is 1.42. The summed E-state index contributed by atoms with van der Waals surface area (Å²) in [5, 5.41) is 32.6. The number of benzene rings is 1. The van der Waals surface area contributed by atoms with Gasteiger partial charge >= 0.3 is 6.18 Å². The van der Waals surface area contributed by atoms with Crippen molar-refractivity contribution in [2.24, 2.45) is 0 Å². The van der Waals surface area contributed by atoms with E-state index in [0.29, 0.717) is 35.2 Å². The third-order valence-electron chi connectivity index (χ3n) is 6.41. The van der Waals surface area contributed by atoms with Gasteiger partial charge in [0.2, 0.25) is 6.35 Å². The van der Waals surface area contributed by atoms with Gasteiger partial charge in [0.05, 0.1) is 29.6 Å². The summed E-state index contributed by atoms with van der Waals surface area (Å²) in [6.07, 6.45) is -4.49. The second kappa shape index (κ2) is 10.0. The number of aliphatic hydroxyl groups excluding tert-OH is 3. The normalized spacial score (nSPS) is 18.4. The minimum Gasteiger partial charge on any atom is -0.491 e. The molecule has 196 valence electrons. The van der Waals surface area contributed by atoms with E-state index in [0.717, 1.165) is 30.8 Å². The summed E-state index contributed by atoms with van der Waals surface area (Å²) < 4.78 is 45.2. The Morgan fingerprint density at radius 2 is 1.97 bits per heavy atom. The van der Waals surface area contributed by atoms with Crippen molar-refractivity contribution < 1.29 is 33.2 Å². The summed E-state index contributed by atoms with van der Waals surface area (Å²) in [5.41, 5.74) is 0.713. The zero-order valence-electron chi connectivity index (χ0n) is 19.6. The van der Waals surface area contributed by atoms with Crippen LogP contribution in [0.2, 0.25) is 0 Å². The maximum Gasteiger partial charge on any atom is 0.416 e. The lowest BCUT2D eigenvalue weighted by molar-refractivity contribution is -0.137. The minimum atomic E-state index is -4.47. The van der Waals surface area contributed by atoms with E-state index in [1.807, 2.05) is 6.07 Å². The number of halogens is 3. The van der Waals surface area contributed by atoms with Gasteiger partial charge in [0.15, 0.2) is 5.82 Å². The molecule has 0 spiro atoms. The van der Waals surface area contributed by atoms with Crippen LogP contribution in [-0.4, -0.2) is 70.1 Å². The second-order valence-electron chi connectivity index (χ2n) is 8.96. The largest absolute Gasteiger partial charge is 0.491 e. The molecule has 12 heteroatoms. The van der Waals surface area contributed by atoms with Crippen molar-refractivity contribution in [1.29, 1.82) is 0 Å². The number of pyridine rings is 2. The molecule has 1 saturated heterocycles. The van der Waals surface area contributed by atoms with Gasteiger partial charge < -0.3 is 35.2 Å². The number of fused-ring (bicyclic) bond motifs is 4. The first kappa shape index (κ1) is 25.1. The molecule has 5 rings (SSSR count). The van der Waals surface area contributed by atoms with Crippen molar-refractivity contribution in [1.82, 2.24) is 9.97 Å². The van der Waals surface area contributed by atoms with Crippen LogP contribution in [0.4, 0.5) is 30.5 Å². The molecule has 9 nitrogen and oxygen atoms in total. The molecule has 0 aliphatic carbocycles. The van der Waals surface area contributed by atoms with Crippen LogP contribution >= 0.6 is 0 Å². The summed E-state index contributed by atoms with van der Waals surface area (Å²) in [7, 11) is 0. The predicted molar refractivity (Wildman–Crippen MR) is 130 cm³/mol. The summed E-state index contributed by atoms with van der Waals surface area (Å²) in [6.45, 7) is 0.894. The average molecular weight is 518 g/mol. The number of nitrogens with one attached hydrogen (secondary N) is 1. The molecule has 2 aliphatic heterocycles. The number of hydrogen-bond acceptors (Lipinski definition) is 9. The van der Waals surface area contributed by atoms with E-state index in [4.69, 9.17) is 9.84 Å². The van der Waals surface area contributed by atoms with Crippen LogP contribution in [0.15, 0.2) is 54.7 Å². The number of nitrogens with zero attached hydrogens (tertiary/aromatic N) is 4. The van der Waals surface area contributed by atoms with Gasteiger partial charge in [0, 0.05) is 30.9 Å². The first-order valence-corrected chi connectivity index (χ1v) is 11.8. The molecule has 0 saturated carbocycles. The maximum absolute atomic E-state index is 13.3. The fourth-order valence-electron chi connectivity index (χ4n) is 4.60. The first-order valence-electron chi connectivity index (χ1n) is 11.8. The highest BCUT2D eigenvalue weighted by Crippen LogP contribution is 2.41. The predicted octanol–water partition coefficient (Wildman–Crippen LogP) is 2.68. The molecule has 0 amide bonds. The van der Waals surface area contributed by atoms with Crippen LogP contribution in [0, 0.1) is 0 Å². The lowest BCUT2D eigenvalue weighted by atomic mass is 10.1. The topological polar surface area (TPSA) is 114 Å². The van der Waals surface area contributed by atoms with Gasteiger partial charge in [-0.05, 0) is 36.8 Å². The minimum absolute atomic E-state index is 0.0709.